The molecule has 0 saturated heterocycles. The maximum atomic E-state index is 4.51. The van der Waals surface area contributed by atoms with Crippen molar-refractivity contribution in [3.05, 3.63) is 59.8 Å². The SMILES string of the molecule is C/C=C\C=C(\C)C(C)CC/C1=C/C=C\C(C)N(CC)/N=C\C=C\C1. The molecule has 0 spiro atoms. The van der Waals surface area contributed by atoms with Crippen molar-refractivity contribution >= 4 is 6.21 Å². The first-order valence-electron chi connectivity index (χ1n) is 9.19. The lowest BCUT2D eigenvalue weighted by molar-refractivity contribution is 0.269. The topological polar surface area (TPSA) is 15.6 Å². The van der Waals surface area contributed by atoms with Crippen LogP contribution in [-0.4, -0.2) is 23.8 Å². The van der Waals surface area contributed by atoms with E-state index in [4.69, 9.17) is 0 Å². The van der Waals surface area contributed by atoms with E-state index >= 15 is 0 Å². The molecule has 1 aliphatic heterocycles. The Morgan fingerprint density at radius 1 is 1.42 bits per heavy atom. The Bertz CT molecular complexity index is 532. The van der Waals surface area contributed by atoms with Crippen LogP contribution in [0.4, 0.5) is 0 Å². The van der Waals surface area contributed by atoms with Gasteiger partial charge in [-0.05, 0) is 59.0 Å². The second-order valence-corrected chi connectivity index (χ2v) is 6.48. The molecule has 24 heavy (non-hydrogen) atoms. The molecule has 0 N–H and O–H groups in total. The fraction of sp³-hybridized carbons (Fsp3) is 0.500. The van der Waals surface area contributed by atoms with E-state index in [9.17, 15) is 0 Å². The molecule has 0 aromatic carbocycles. The van der Waals surface area contributed by atoms with E-state index in [1.54, 1.807) is 0 Å². The van der Waals surface area contributed by atoms with Crippen LogP contribution in [0.15, 0.2) is 64.9 Å². The Morgan fingerprint density at radius 2 is 2.21 bits per heavy atom. The van der Waals surface area contributed by atoms with Crippen LogP contribution < -0.4 is 0 Å². The van der Waals surface area contributed by atoms with Crippen LogP contribution in [0.1, 0.15) is 53.9 Å². The van der Waals surface area contributed by atoms with Gasteiger partial charge in [-0.15, -0.1) is 0 Å². The van der Waals surface area contributed by atoms with Crippen LogP contribution in [-0.2, 0) is 0 Å². The zero-order chi connectivity index (χ0) is 17.8. The summed E-state index contributed by atoms with van der Waals surface area (Å²) in [4.78, 5) is 0. The van der Waals surface area contributed by atoms with Gasteiger partial charge in [0.25, 0.3) is 0 Å². The van der Waals surface area contributed by atoms with Crippen molar-refractivity contribution in [3.63, 3.8) is 0 Å². The Balaban J connectivity index is 2.72. The summed E-state index contributed by atoms with van der Waals surface area (Å²) in [5.74, 6) is 0.615. The highest BCUT2D eigenvalue weighted by Crippen LogP contribution is 2.21. The molecule has 0 amide bonds. The van der Waals surface area contributed by atoms with E-state index < -0.39 is 0 Å². The van der Waals surface area contributed by atoms with E-state index in [-0.39, 0.29) is 0 Å². The first kappa shape index (κ1) is 20.2. The van der Waals surface area contributed by atoms with E-state index in [1.165, 1.54) is 17.6 Å². The molecule has 0 aromatic heterocycles. The largest absolute Gasteiger partial charge is 0.291 e. The molecule has 0 aromatic rings. The van der Waals surface area contributed by atoms with E-state index in [2.05, 4.69) is 93.3 Å². The van der Waals surface area contributed by atoms with Crippen LogP contribution in [0.5, 0.6) is 0 Å². The van der Waals surface area contributed by atoms with Gasteiger partial charge in [0.1, 0.15) is 0 Å². The Hall–Kier alpha value is -1.83. The van der Waals surface area contributed by atoms with Gasteiger partial charge >= 0.3 is 0 Å². The third-order valence-corrected chi connectivity index (χ3v) is 4.56. The summed E-state index contributed by atoms with van der Waals surface area (Å²) in [5.41, 5.74) is 2.94. The van der Waals surface area contributed by atoms with Gasteiger partial charge in [0.15, 0.2) is 0 Å². The number of hydrogen-bond donors (Lipinski definition) is 0. The van der Waals surface area contributed by atoms with Gasteiger partial charge in [-0.3, -0.25) is 5.01 Å². The Kier molecular flexibility index (Phi) is 9.83. The summed E-state index contributed by atoms with van der Waals surface area (Å²) in [6, 6.07) is 0.320. The van der Waals surface area contributed by atoms with Crippen molar-refractivity contribution in [2.75, 3.05) is 6.54 Å². The highest BCUT2D eigenvalue weighted by atomic mass is 15.5. The Labute approximate surface area is 149 Å². The monoisotopic (exact) mass is 326 g/mol. The minimum Gasteiger partial charge on any atom is -0.291 e. The number of hydrazone groups is 1. The highest BCUT2D eigenvalue weighted by molar-refractivity contribution is 5.70. The maximum Gasteiger partial charge on any atom is 0.0625 e. The third kappa shape index (κ3) is 7.63. The summed E-state index contributed by atoms with van der Waals surface area (Å²) >= 11 is 0. The zero-order valence-electron chi connectivity index (χ0n) is 16.1. The highest BCUT2D eigenvalue weighted by Gasteiger charge is 2.07. The summed E-state index contributed by atoms with van der Waals surface area (Å²) in [5, 5.41) is 6.60. The molecule has 1 aliphatic rings. The van der Waals surface area contributed by atoms with Gasteiger partial charge in [-0.1, -0.05) is 60.6 Å². The number of likely N-dealkylation sites (N-methyl/N-ethyl adjacent to an activating group) is 1. The molecule has 1 heterocycles. The zero-order valence-corrected chi connectivity index (χ0v) is 16.1. The molecule has 0 bridgehead atoms. The lowest BCUT2D eigenvalue weighted by Crippen LogP contribution is -2.26. The second kappa shape index (κ2) is 11.7. The molecule has 0 aliphatic carbocycles. The molecule has 2 heteroatoms. The molecule has 2 atom stereocenters. The van der Waals surface area contributed by atoms with Crippen molar-refractivity contribution in [3.8, 4) is 0 Å². The summed E-state index contributed by atoms with van der Waals surface area (Å²) in [6.45, 7) is 11.8. The molecule has 132 valence electrons. The number of allylic oxidation sites excluding steroid dienone is 9. The van der Waals surface area contributed by atoms with E-state index in [0.29, 0.717) is 12.0 Å². The van der Waals surface area contributed by atoms with E-state index in [0.717, 1.165) is 19.4 Å². The molecule has 0 radical (unpaired) electrons. The van der Waals surface area contributed by atoms with Gasteiger partial charge < -0.3 is 0 Å². The summed E-state index contributed by atoms with van der Waals surface area (Å²) < 4.78 is 0. The van der Waals surface area contributed by atoms with Crippen LogP contribution >= 0.6 is 0 Å². The van der Waals surface area contributed by atoms with Crippen LogP contribution in [0.3, 0.4) is 0 Å². The van der Waals surface area contributed by atoms with Gasteiger partial charge in [0, 0.05) is 12.8 Å². The maximum absolute atomic E-state index is 4.51. The van der Waals surface area contributed by atoms with Crippen molar-refractivity contribution in [2.45, 2.75) is 59.9 Å². The number of nitrogens with zero attached hydrogens (tertiary/aromatic N) is 2. The van der Waals surface area contributed by atoms with Gasteiger partial charge in [0.05, 0.1) is 6.04 Å². The second-order valence-electron chi connectivity index (χ2n) is 6.48. The average molecular weight is 327 g/mol. The smallest absolute Gasteiger partial charge is 0.0625 e. The summed E-state index contributed by atoms with van der Waals surface area (Å²) in [7, 11) is 0. The fourth-order valence-electron chi connectivity index (χ4n) is 2.63. The molecule has 1 rings (SSSR count). The molecule has 0 saturated carbocycles. The van der Waals surface area contributed by atoms with E-state index in [1.807, 2.05) is 6.21 Å². The average Bonchev–Trinajstić information content (AvgIpc) is 2.62. The van der Waals surface area contributed by atoms with Crippen molar-refractivity contribution in [2.24, 2.45) is 11.0 Å². The lowest BCUT2D eigenvalue weighted by Gasteiger charge is -2.21. The first-order chi connectivity index (χ1) is 11.6. The van der Waals surface area contributed by atoms with Gasteiger partial charge in [-0.2, -0.15) is 5.10 Å². The third-order valence-electron chi connectivity index (χ3n) is 4.56. The lowest BCUT2D eigenvalue weighted by atomic mass is 9.93. The summed E-state index contributed by atoms with van der Waals surface area (Å²) in [6.07, 6.45) is 22.7. The predicted molar refractivity (Wildman–Crippen MR) is 108 cm³/mol. The van der Waals surface area contributed by atoms with Crippen LogP contribution in [0.2, 0.25) is 0 Å². The fourth-order valence-corrected chi connectivity index (χ4v) is 2.63. The van der Waals surface area contributed by atoms with Crippen LogP contribution in [0.25, 0.3) is 0 Å². The molecular weight excluding hydrogens is 292 g/mol. The molecule has 2 nitrogen and oxygen atoms in total. The standard InChI is InChI=1S/C22H34N2/c1-6-8-12-19(3)20(4)16-17-22-14-9-10-18-23-24(7-2)21(5)13-11-15-22/h6,8-13,15,18,20-21H,7,14,16-17H2,1-5H3/b8-6-,10-9+,13-11-,19-12-,22-15+,23-18-. The van der Waals surface area contributed by atoms with Crippen molar-refractivity contribution < 1.29 is 0 Å². The minimum atomic E-state index is 0.320. The molecule has 0 fully saturated rings. The predicted octanol–water partition coefficient (Wildman–Crippen LogP) is 6.06. The van der Waals surface area contributed by atoms with Crippen LogP contribution in [0, 0.1) is 5.92 Å². The Morgan fingerprint density at radius 3 is 2.92 bits per heavy atom. The normalized spacial score (nSPS) is 27.2. The number of hydrogen-bond acceptors (Lipinski definition) is 2. The molecule has 2 unspecified atom stereocenters. The van der Waals surface area contributed by atoms with Gasteiger partial charge in [-0.25, -0.2) is 0 Å². The quantitative estimate of drug-likeness (QED) is 0.541. The minimum absolute atomic E-state index is 0.320. The number of rotatable bonds is 6. The van der Waals surface area contributed by atoms with Gasteiger partial charge in [0.2, 0.25) is 0 Å². The van der Waals surface area contributed by atoms with Crippen molar-refractivity contribution in [1.82, 2.24) is 5.01 Å². The van der Waals surface area contributed by atoms with Crippen molar-refractivity contribution in [1.29, 1.82) is 0 Å². The first-order valence-corrected chi connectivity index (χ1v) is 9.19. The molecular formula is C22H34N2.